The number of nitrogens with two attached hydrogens (primary N) is 1. The van der Waals surface area contributed by atoms with E-state index in [1.165, 1.54) is 0 Å². The van der Waals surface area contributed by atoms with Crippen LogP contribution in [0.1, 0.15) is 13.3 Å². The molecule has 0 rings (SSSR count). The Kier molecular flexibility index (Phi) is 8.70. The van der Waals surface area contributed by atoms with E-state index in [0.717, 1.165) is 0 Å². The van der Waals surface area contributed by atoms with Gasteiger partial charge in [0.05, 0.1) is 18.7 Å². The van der Waals surface area contributed by atoms with E-state index < -0.39 is 13.4 Å². The Morgan fingerprint density at radius 2 is 2.23 bits per heavy atom. The first kappa shape index (κ1) is 15.4. The van der Waals surface area contributed by atoms with E-state index >= 15 is 0 Å². The van der Waals surface area contributed by atoms with Crippen LogP contribution in [-0.2, 0) is 9.09 Å². The minimum Gasteiger partial charge on any atom is -0.329 e. The summed E-state index contributed by atoms with van der Waals surface area (Å²) in [4.78, 5) is 0. The first-order chi connectivity index (χ1) is 5.52. The molecule has 0 spiro atoms. The van der Waals surface area contributed by atoms with E-state index in [9.17, 15) is 4.57 Å². The van der Waals surface area contributed by atoms with Crippen LogP contribution in [0, 0.1) is 11.3 Å². The molecule has 0 aliphatic carbocycles. The van der Waals surface area contributed by atoms with Crippen molar-refractivity contribution in [3.63, 3.8) is 0 Å². The van der Waals surface area contributed by atoms with Gasteiger partial charge in [0.2, 0.25) is 0 Å². The van der Waals surface area contributed by atoms with Gasteiger partial charge in [0.15, 0.2) is 7.37 Å². The van der Waals surface area contributed by atoms with Crippen molar-refractivity contribution in [2.45, 2.75) is 19.4 Å². The normalized spacial score (nSPS) is 16.5. The average Bonchev–Trinajstić information content (AvgIpc) is 2.00. The molecule has 0 heterocycles. The van der Waals surface area contributed by atoms with Crippen LogP contribution >= 0.6 is 19.8 Å². The lowest BCUT2D eigenvalue weighted by molar-refractivity contribution is 0.336. The molecule has 6 heteroatoms. The third kappa shape index (κ3) is 8.27. The standard InChI is InChI=1S/C7H15N2O2P.ClH/c1-3-11-12(2,10)5-4-7(9)6-8;/h7H,3-5,9H2,1-2H3;1H. The number of rotatable bonds is 5. The van der Waals surface area contributed by atoms with Crippen LogP contribution in [0.3, 0.4) is 0 Å². The SMILES string of the molecule is CCOP(C)(=O)CCC(N)C#N.Cl. The Balaban J connectivity index is 0. The van der Waals surface area contributed by atoms with E-state index in [1.807, 2.05) is 6.07 Å². The van der Waals surface area contributed by atoms with Gasteiger partial charge in [-0.3, -0.25) is 4.57 Å². The van der Waals surface area contributed by atoms with Gasteiger partial charge in [0, 0.05) is 12.8 Å². The molecule has 0 saturated carbocycles. The van der Waals surface area contributed by atoms with Crippen LogP contribution in [0.5, 0.6) is 0 Å². The zero-order chi connectivity index (χ0) is 9.61. The molecule has 0 aromatic carbocycles. The second-order valence-electron chi connectivity index (χ2n) is 2.68. The van der Waals surface area contributed by atoms with Gasteiger partial charge >= 0.3 is 0 Å². The number of hydrogen-bond acceptors (Lipinski definition) is 4. The van der Waals surface area contributed by atoms with Crippen LogP contribution in [0.25, 0.3) is 0 Å². The van der Waals surface area contributed by atoms with Gasteiger partial charge in [-0.15, -0.1) is 12.4 Å². The first-order valence-electron chi connectivity index (χ1n) is 3.88. The Bertz CT molecular complexity index is 217. The van der Waals surface area contributed by atoms with Gasteiger partial charge in [0.1, 0.15) is 0 Å². The predicted molar refractivity (Wildman–Crippen MR) is 55.5 cm³/mol. The maximum absolute atomic E-state index is 11.4. The Morgan fingerprint density at radius 1 is 1.69 bits per heavy atom. The van der Waals surface area contributed by atoms with Crippen molar-refractivity contribution in [2.75, 3.05) is 19.4 Å². The number of nitrogens with zero attached hydrogens (tertiary/aromatic N) is 1. The molecule has 0 saturated heterocycles. The third-order valence-electron chi connectivity index (χ3n) is 1.41. The second kappa shape index (κ2) is 7.34. The van der Waals surface area contributed by atoms with Gasteiger partial charge < -0.3 is 10.3 Å². The molecular weight excluding hydrogens is 211 g/mol. The summed E-state index contributed by atoms with van der Waals surface area (Å²) in [5.41, 5.74) is 5.34. The highest BCUT2D eigenvalue weighted by molar-refractivity contribution is 7.58. The van der Waals surface area contributed by atoms with E-state index in [2.05, 4.69) is 0 Å². The fourth-order valence-corrected chi connectivity index (χ4v) is 2.20. The van der Waals surface area contributed by atoms with Crippen LogP contribution in [0.4, 0.5) is 0 Å². The summed E-state index contributed by atoms with van der Waals surface area (Å²) < 4.78 is 16.5. The highest BCUT2D eigenvalue weighted by Gasteiger charge is 2.16. The molecule has 0 radical (unpaired) electrons. The number of halogens is 1. The third-order valence-corrected chi connectivity index (χ3v) is 3.29. The monoisotopic (exact) mass is 226 g/mol. The van der Waals surface area contributed by atoms with Crippen molar-refractivity contribution < 1.29 is 9.09 Å². The second-order valence-corrected chi connectivity index (χ2v) is 5.41. The fraction of sp³-hybridized carbons (Fsp3) is 0.857. The maximum atomic E-state index is 11.4. The van der Waals surface area contributed by atoms with Crippen LogP contribution in [0.2, 0.25) is 0 Å². The summed E-state index contributed by atoms with van der Waals surface area (Å²) in [6.07, 6.45) is 0.819. The van der Waals surface area contributed by atoms with Gasteiger partial charge in [-0.05, 0) is 13.3 Å². The first-order valence-corrected chi connectivity index (χ1v) is 6.14. The van der Waals surface area contributed by atoms with Crippen molar-refractivity contribution in [1.29, 1.82) is 5.26 Å². The lowest BCUT2D eigenvalue weighted by Gasteiger charge is -2.12. The highest BCUT2D eigenvalue weighted by Crippen LogP contribution is 2.42. The lowest BCUT2D eigenvalue weighted by Crippen LogP contribution is -2.18. The number of hydrogen-bond donors (Lipinski definition) is 1. The van der Waals surface area contributed by atoms with Gasteiger partial charge in [0.25, 0.3) is 0 Å². The fourth-order valence-electron chi connectivity index (χ4n) is 0.776. The molecule has 0 aliphatic rings. The summed E-state index contributed by atoms with van der Waals surface area (Å²) in [5, 5.41) is 8.36. The van der Waals surface area contributed by atoms with E-state index in [4.69, 9.17) is 15.5 Å². The van der Waals surface area contributed by atoms with Crippen molar-refractivity contribution in [3.8, 4) is 6.07 Å². The number of nitriles is 1. The highest BCUT2D eigenvalue weighted by atomic mass is 35.5. The quantitative estimate of drug-likeness (QED) is 0.723. The molecule has 2 atom stereocenters. The summed E-state index contributed by atoms with van der Waals surface area (Å²) in [6.45, 7) is 3.80. The van der Waals surface area contributed by atoms with Crippen LogP contribution in [-0.4, -0.2) is 25.5 Å². The molecule has 0 aromatic heterocycles. The Hall–Kier alpha value is -0.0700. The Morgan fingerprint density at radius 3 is 2.62 bits per heavy atom. The molecule has 0 amide bonds. The molecule has 4 nitrogen and oxygen atoms in total. The van der Waals surface area contributed by atoms with Crippen molar-refractivity contribution in [2.24, 2.45) is 5.73 Å². The lowest BCUT2D eigenvalue weighted by atomic mass is 10.3. The molecule has 78 valence electrons. The summed E-state index contributed by atoms with van der Waals surface area (Å²) in [5.74, 6) is 0. The van der Waals surface area contributed by atoms with Crippen LogP contribution < -0.4 is 5.73 Å². The van der Waals surface area contributed by atoms with E-state index in [1.54, 1.807) is 13.6 Å². The zero-order valence-electron chi connectivity index (χ0n) is 7.90. The summed E-state index contributed by atoms with van der Waals surface area (Å²) >= 11 is 0. The van der Waals surface area contributed by atoms with E-state index in [0.29, 0.717) is 19.2 Å². The van der Waals surface area contributed by atoms with E-state index in [-0.39, 0.29) is 12.4 Å². The molecule has 13 heavy (non-hydrogen) atoms. The van der Waals surface area contributed by atoms with Gasteiger partial charge in [-0.1, -0.05) is 0 Å². The molecular formula is C7H16ClN2O2P. The minimum absolute atomic E-state index is 0. The maximum Gasteiger partial charge on any atom is 0.200 e. The summed E-state index contributed by atoms with van der Waals surface area (Å²) in [7, 11) is -2.49. The van der Waals surface area contributed by atoms with Gasteiger partial charge in [-0.2, -0.15) is 5.26 Å². The molecule has 0 aromatic rings. The molecule has 0 aliphatic heterocycles. The van der Waals surface area contributed by atoms with Crippen molar-refractivity contribution in [3.05, 3.63) is 0 Å². The smallest absolute Gasteiger partial charge is 0.200 e. The molecule has 0 fully saturated rings. The largest absolute Gasteiger partial charge is 0.329 e. The van der Waals surface area contributed by atoms with Crippen molar-refractivity contribution in [1.82, 2.24) is 0 Å². The van der Waals surface area contributed by atoms with Gasteiger partial charge in [-0.25, -0.2) is 0 Å². The minimum atomic E-state index is -2.49. The molecule has 2 N–H and O–H groups in total. The topological polar surface area (TPSA) is 76.1 Å². The van der Waals surface area contributed by atoms with Crippen molar-refractivity contribution >= 4 is 19.8 Å². The predicted octanol–water partition coefficient (Wildman–Crippen LogP) is 1.59. The molecule has 2 unspecified atom stereocenters. The average molecular weight is 227 g/mol. The Labute approximate surface area is 85.3 Å². The molecule has 0 bridgehead atoms. The van der Waals surface area contributed by atoms with Crippen LogP contribution in [0.15, 0.2) is 0 Å². The zero-order valence-corrected chi connectivity index (χ0v) is 9.61. The summed E-state index contributed by atoms with van der Waals surface area (Å²) in [6, 6.07) is 1.35.